The lowest BCUT2D eigenvalue weighted by Crippen LogP contribution is -2.10. The van der Waals surface area contributed by atoms with Crippen molar-refractivity contribution in [1.82, 2.24) is 4.90 Å². The Kier molecular flexibility index (Phi) is 14.3. The highest BCUT2D eigenvalue weighted by Crippen LogP contribution is 2.24. The van der Waals surface area contributed by atoms with E-state index in [1.807, 2.05) is 116 Å². The van der Waals surface area contributed by atoms with Crippen LogP contribution in [0.2, 0.25) is 0 Å². The molecule has 2 bridgehead atoms. The van der Waals surface area contributed by atoms with Gasteiger partial charge in [0.1, 0.15) is 35.9 Å². The summed E-state index contributed by atoms with van der Waals surface area (Å²) in [5.74, 6) is 2.95. The summed E-state index contributed by atoms with van der Waals surface area (Å²) < 4.78 is 23.5. The van der Waals surface area contributed by atoms with E-state index in [0.29, 0.717) is 12.4 Å². The fourth-order valence-corrected chi connectivity index (χ4v) is 4.57. The number of methoxy groups -OCH3 is 2. The molecule has 5 nitrogen and oxygen atoms in total. The number of hydrogen-bond donors (Lipinski definition) is 0. The van der Waals surface area contributed by atoms with Crippen LogP contribution in [0.1, 0.15) is 41.5 Å². The van der Waals surface area contributed by atoms with Crippen molar-refractivity contribution < 1.29 is 18.9 Å². The van der Waals surface area contributed by atoms with Crippen LogP contribution in [0.15, 0.2) is 190 Å². The Balaban J connectivity index is 1.97. The zero-order valence-corrected chi connectivity index (χ0v) is 28.4. The quantitative estimate of drug-likeness (QED) is 0.308. The lowest BCUT2D eigenvalue weighted by molar-refractivity contribution is 0.280. The molecule has 0 saturated heterocycles. The normalized spacial score (nSPS) is 24.4. The molecule has 3 rings (SSSR count). The Morgan fingerprint density at radius 1 is 0.609 bits per heavy atom. The molecule has 240 valence electrons. The molecule has 3 heterocycles. The number of hydrogen-bond acceptors (Lipinski definition) is 5. The largest absolute Gasteiger partial charge is 0.497 e. The maximum absolute atomic E-state index is 6.25. The van der Waals surface area contributed by atoms with Gasteiger partial charge in [-0.1, -0.05) is 71.9 Å². The molecule has 0 aromatic rings. The van der Waals surface area contributed by atoms with Crippen LogP contribution in [-0.4, -0.2) is 25.7 Å². The first kappa shape index (κ1) is 35.3. The minimum absolute atomic E-state index is 0.443. The van der Waals surface area contributed by atoms with Crippen LogP contribution in [0.3, 0.4) is 0 Å². The van der Waals surface area contributed by atoms with Gasteiger partial charge in [-0.15, -0.1) is 0 Å². The number of rotatable bonds is 2. The maximum atomic E-state index is 6.25. The lowest BCUT2D eigenvalue weighted by atomic mass is 10.1. The number of nitrogens with zero attached hydrogens (tertiary/aromatic N) is 1. The molecule has 0 amide bonds. The molecule has 46 heavy (non-hydrogen) atoms. The number of fused-ring (bicyclic) bond motifs is 3. The van der Waals surface area contributed by atoms with Gasteiger partial charge in [-0.05, 0) is 106 Å². The SMILES string of the molecule is COC1=C/C(C)=C\C(C)=C\C=CC=C/C(C)=C(/OC)C=C2C=CC(C)=C(C=CN3C=CC=CC3=COC/C=C/C(C)=C/C(C)=C1)O2. The topological polar surface area (TPSA) is 40.2 Å². The average molecular weight is 618 g/mol. The van der Waals surface area contributed by atoms with Crippen LogP contribution >= 0.6 is 0 Å². The molecule has 0 aromatic heterocycles. The number of allylic oxidation sites excluding steroid dienone is 23. The third-order valence-corrected chi connectivity index (χ3v) is 6.90. The van der Waals surface area contributed by atoms with E-state index in [1.54, 1.807) is 20.5 Å². The van der Waals surface area contributed by atoms with Crippen LogP contribution in [0.4, 0.5) is 0 Å². The Bertz CT molecular complexity index is 1610. The molecular weight excluding hydrogens is 570 g/mol. The molecule has 0 atom stereocenters. The van der Waals surface area contributed by atoms with Gasteiger partial charge in [0.05, 0.1) is 19.9 Å². The first-order valence-electron chi connectivity index (χ1n) is 15.3. The summed E-state index contributed by atoms with van der Waals surface area (Å²) in [5, 5.41) is 0. The first-order valence-corrected chi connectivity index (χ1v) is 15.3. The van der Waals surface area contributed by atoms with Crippen LogP contribution in [0.5, 0.6) is 0 Å². The molecule has 0 fully saturated rings. The van der Waals surface area contributed by atoms with Gasteiger partial charge in [-0.3, -0.25) is 0 Å². The summed E-state index contributed by atoms with van der Waals surface area (Å²) in [6.07, 6.45) is 42.0. The average Bonchev–Trinajstić information content (AvgIpc) is 3.02. The molecule has 0 unspecified atom stereocenters. The van der Waals surface area contributed by atoms with Crippen LogP contribution in [0, 0.1) is 0 Å². The number of ether oxygens (including phenoxy) is 4. The first-order chi connectivity index (χ1) is 22.2. The van der Waals surface area contributed by atoms with E-state index < -0.39 is 0 Å². The van der Waals surface area contributed by atoms with Crippen molar-refractivity contribution in [3.05, 3.63) is 190 Å². The third-order valence-electron chi connectivity index (χ3n) is 6.90. The van der Waals surface area contributed by atoms with Gasteiger partial charge in [0.25, 0.3) is 0 Å². The zero-order valence-electron chi connectivity index (χ0n) is 28.4. The molecule has 3 aliphatic heterocycles. The summed E-state index contributed by atoms with van der Waals surface area (Å²) in [6, 6.07) is 0. The maximum Gasteiger partial charge on any atom is 0.131 e. The summed E-state index contributed by atoms with van der Waals surface area (Å²) in [5.41, 5.74) is 7.32. The molecule has 0 saturated carbocycles. The fraction of sp³-hybridized carbons (Fsp3) is 0.220. The van der Waals surface area contributed by atoms with Crippen LogP contribution in [-0.2, 0) is 18.9 Å². The van der Waals surface area contributed by atoms with Gasteiger partial charge in [0, 0.05) is 18.5 Å². The summed E-state index contributed by atoms with van der Waals surface area (Å²) in [6.45, 7) is 12.8. The van der Waals surface area contributed by atoms with E-state index >= 15 is 0 Å². The molecule has 0 N–H and O–H groups in total. The van der Waals surface area contributed by atoms with Crippen molar-refractivity contribution in [2.75, 3.05) is 20.8 Å². The van der Waals surface area contributed by atoms with Crippen molar-refractivity contribution in [2.24, 2.45) is 0 Å². The van der Waals surface area contributed by atoms with E-state index in [4.69, 9.17) is 18.9 Å². The minimum atomic E-state index is 0.443. The zero-order chi connectivity index (χ0) is 33.3. The highest BCUT2D eigenvalue weighted by molar-refractivity contribution is 5.41. The highest BCUT2D eigenvalue weighted by Gasteiger charge is 2.11. The Labute approximate surface area is 275 Å². The van der Waals surface area contributed by atoms with E-state index in [-0.39, 0.29) is 0 Å². The van der Waals surface area contributed by atoms with Crippen molar-refractivity contribution in [3.8, 4) is 0 Å². The summed E-state index contributed by atoms with van der Waals surface area (Å²) in [4.78, 5) is 1.99. The predicted octanol–water partition coefficient (Wildman–Crippen LogP) is 10.4. The van der Waals surface area contributed by atoms with Crippen molar-refractivity contribution in [3.63, 3.8) is 0 Å². The standard InChI is InChI=1S/C41H47NO4/c1-31-15-10-9-11-17-35(5)41(44-8)29-38-20-19-36(6)40(46-38)21-23-42-22-13-12-18-37(42)30-45-24-14-16-32(2)26-34(4)28-39(43-7)27-33(3)25-31/h9-23,25-30H,24H2,1-8H3/b10-9?,16-14+,17-11?,23-21?,31-15+,32-26+,33-25-,34-28?,37-30?,38-29?,39-27?,41-35+. The second kappa shape index (κ2) is 18.6. The van der Waals surface area contributed by atoms with Crippen molar-refractivity contribution >= 4 is 0 Å². The smallest absolute Gasteiger partial charge is 0.131 e. The molecule has 0 spiro atoms. The second-order valence-corrected chi connectivity index (χ2v) is 11.1. The van der Waals surface area contributed by atoms with Gasteiger partial charge >= 0.3 is 0 Å². The van der Waals surface area contributed by atoms with E-state index in [1.165, 1.54) is 0 Å². The summed E-state index contributed by atoms with van der Waals surface area (Å²) >= 11 is 0. The molecule has 5 heteroatoms. The van der Waals surface area contributed by atoms with Crippen LogP contribution in [0.25, 0.3) is 0 Å². The Morgan fingerprint density at radius 3 is 2.15 bits per heavy atom. The van der Waals surface area contributed by atoms with E-state index in [2.05, 4.69) is 52.0 Å². The molecule has 0 aliphatic carbocycles. The predicted molar refractivity (Wildman–Crippen MR) is 192 cm³/mol. The van der Waals surface area contributed by atoms with E-state index in [0.717, 1.165) is 56.4 Å². The lowest BCUT2D eigenvalue weighted by Gasteiger charge is -2.20. The van der Waals surface area contributed by atoms with Gasteiger partial charge in [-0.2, -0.15) is 0 Å². The van der Waals surface area contributed by atoms with Gasteiger partial charge < -0.3 is 23.8 Å². The Morgan fingerprint density at radius 2 is 1.37 bits per heavy atom. The van der Waals surface area contributed by atoms with Gasteiger partial charge in [-0.25, -0.2) is 0 Å². The molecule has 0 aromatic carbocycles. The highest BCUT2D eigenvalue weighted by atomic mass is 16.5. The van der Waals surface area contributed by atoms with Crippen molar-refractivity contribution in [2.45, 2.75) is 41.5 Å². The second-order valence-electron chi connectivity index (χ2n) is 11.1. The third kappa shape index (κ3) is 12.1. The van der Waals surface area contributed by atoms with Gasteiger partial charge in [0.2, 0.25) is 0 Å². The van der Waals surface area contributed by atoms with Gasteiger partial charge in [0.15, 0.2) is 0 Å². The summed E-state index contributed by atoms with van der Waals surface area (Å²) in [7, 11) is 3.36. The van der Waals surface area contributed by atoms with E-state index in [9.17, 15) is 0 Å². The van der Waals surface area contributed by atoms with Crippen molar-refractivity contribution in [1.29, 1.82) is 0 Å². The fourth-order valence-electron chi connectivity index (χ4n) is 4.57. The monoisotopic (exact) mass is 617 g/mol. The molecule has 0 radical (unpaired) electrons. The molecule has 3 aliphatic rings. The van der Waals surface area contributed by atoms with Crippen LogP contribution < -0.4 is 0 Å². The Hall–Kier alpha value is -5.16. The minimum Gasteiger partial charge on any atom is -0.497 e. The molecular formula is C41H47NO4.